The molecule has 1 N–H and O–H groups in total. The van der Waals surface area contributed by atoms with Crippen LogP contribution < -0.4 is 5.32 Å². The molecule has 1 aliphatic heterocycles. The molecule has 0 bridgehead atoms. The Balaban J connectivity index is 1.81. The quantitative estimate of drug-likeness (QED) is 0.795. The van der Waals surface area contributed by atoms with Gasteiger partial charge in [0.2, 0.25) is 0 Å². The predicted molar refractivity (Wildman–Crippen MR) is 56.5 cm³/mol. The first-order valence-electron chi connectivity index (χ1n) is 5.17. The number of amidine groups is 1. The van der Waals surface area contributed by atoms with Crippen molar-refractivity contribution in [2.24, 2.45) is 4.99 Å². The van der Waals surface area contributed by atoms with Gasteiger partial charge in [0.1, 0.15) is 5.76 Å². The molecule has 0 saturated carbocycles. The summed E-state index contributed by atoms with van der Waals surface area (Å²) in [5.41, 5.74) is 0. The third kappa shape index (κ3) is 2.37. The van der Waals surface area contributed by atoms with E-state index in [0.717, 1.165) is 31.0 Å². The second-order valence-corrected chi connectivity index (χ2v) is 3.76. The SMILES string of the molecule is CC(Cc1ccco1)NC1=NCCC1. The number of aliphatic imine (C=N–C) groups is 1. The largest absolute Gasteiger partial charge is 0.469 e. The highest BCUT2D eigenvalue weighted by Gasteiger charge is 2.10. The number of nitrogens with zero attached hydrogens (tertiary/aromatic N) is 1. The Morgan fingerprint density at radius 1 is 1.64 bits per heavy atom. The van der Waals surface area contributed by atoms with Gasteiger partial charge in [0.15, 0.2) is 0 Å². The summed E-state index contributed by atoms with van der Waals surface area (Å²) in [5.74, 6) is 2.19. The van der Waals surface area contributed by atoms with Crippen molar-refractivity contribution in [3.8, 4) is 0 Å². The van der Waals surface area contributed by atoms with Crippen molar-refractivity contribution in [3.63, 3.8) is 0 Å². The fourth-order valence-corrected chi connectivity index (χ4v) is 1.72. The van der Waals surface area contributed by atoms with Gasteiger partial charge in [-0.15, -0.1) is 0 Å². The lowest BCUT2D eigenvalue weighted by atomic mass is 10.2. The van der Waals surface area contributed by atoms with Gasteiger partial charge in [0, 0.05) is 25.4 Å². The molecule has 2 heterocycles. The molecule has 76 valence electrons. The minimum Gasteiger partial charge on any atom is -0.469 e. The second kappa shape index (κ2) is 4.31. The van der Waals surface area contributed by atoms with Crippen molar-refractivity contribution in [2.45, 2.75) is 32.2 Å². The Morgan fingerprint density at radius 3 is 3.21 bits per heavy atom. The maximum atomic E-state index is 5.29. The molecule has 1 aliphatic rings. The van der Waals surface area contributed by atoms with E-state index in [1.165, 1.54) is 6.42 Å². The third-order valence-corrected chi connectivity index (χ3v) is 2.37. The molecule has 0 aliphatic carbocycles. The molecule has 0 fully saturated rings. The summed E-state index contributed by atoms with van der Waals surface area (Å²) in [5, 5.41) is 3.41. The summed E-state index contributed by atoms with van der Waals surface area (Å²) >= 11 is 0. The molecule has 1 atom stereocenters. The number of hydrogen-bond acceptors (Lipinski definition) is 3. The van der Waals surface area contributed by atoms with Crippen LogP contribution >= 0.6 is 0 Å². The average Bonchev–Trinajstić information content (AvgIpc) is 2.76. The number of rotatable bonds is 3. The number of hydrogen-bond donors (Lipinski definition) is 1. The zero-order chi connectivity index (χ0) is 9.80. The molecule has 0 amide bonds. The van der Waals surface area contributed by atoms with Crippen LogP contribution in [0.4, 0.5) is 0 Å². The van der Waals surface area contributed by atoms with Crippen LogP contribution in [0, 0.1) is 0 Å². The van der Waals surface area contributed by atoms with Crippen LogP contribution in [0.15, 0.2) is 27.8 Å². The lowest BCUT2D eigenvalue weighted by Gasteiger charge is -2.13. The Bertz CT molecular complexity index is 303. The molecule has 3 nitrogen and oxygen atoms in total. The lowest BCUT2D eigenvalue weighted by molar-refractivity contribution is 0.481. The summed E-state index contributed by atoms with van der Waals surface area (Å²) in [6.45, 7) is 3.14. The van der Waals surface area contributed by atoms with E-state index >= 15 is 0 Å². The first-order chi connectivity index (χ1) is 6.84. The molecule has 1 aromatic heterocycles. The van der Waals surface area contributed by atoms with Crippen molar-refractivity contribution < 1.29 is 4.42 Å². The summed E-state index contributed by atoms with van der Waals surface area (Å²) < 4.78 is 5.29. The van der Waals surface area contributed by atoms with E-state index in [0.29, 0.717) is 6.04 Å². The zero-order valence-corrected chi connectivity index (χ0v) is 8.49. The van der Waals surface area contributed by atoms with E-state index in [1.807, 2.05) is 12.1 Å². The lowest BCUT2D eigenvalue weighted by Crippen LogP contribution is -2.32. The molecule has 0 saturated heterocycles. The van der Waals surface area contributed by atoms with Gasteiger partial charge in [-0.25, -0.2) is 0 Å². The molecule has 0 aromatic carbocycles. The average molecular weight is 192 g/mol. The van der Waals surface area contributed by atoms with E-state index < -0.39 is 0 Å². The maximum absolute atomic E-state index is 5.29. The molecular formula is C11H16N2O. The first kappa shape index (κ1) is 9.31. The standard InChI is InChI=1S/C11H16N2O/c1-9(8-10-4-3-7-14-10)13-11-5-2-6-12-11/h3-4,7,9H,2,5-6,8H2,1H3,(H,12,13). The number of furan rings is 1. The fraction of sp³-hybridized carbons (Fsp3) is 0.545. The number of nitrogens with one attached hydrogen (secondary N) is 1. The molecule has 1 aromatic rings. The minimum absolute atomic E-state index is 0.401. The molecule has 1 unspecified atom stereocenters. The van der Waals surface area contributed by atoms with Gasteiger partial charge in [0.05, 0.1) is 12.1 Å². The third-order valence-electron chi connectivity index (χ3n) is 2.37. The van der Waals surface area contributed by atoms with Crippen LogP contribution in [0.2, 0.25) is 0 Å². The molecule has 2 rings (SSSR count). The van der Waals surface area contributed by atoms with E-state index in [-0.39, 0.29) is 0 Å². The van der Waals surface area contributed by atoms with Crippen molar-refractivity contribution in [1.82, 2.24) is 5.32 Å². The van der Waals surface area contributed by atoms with Gasteiger partial charge in [0.25, 0.3) is 0 Å². The Labute approximate surface area is 84.2 Å². The van der Waals surface area contributed by atoms with Gasteiger partial charge in [-0.3, -0.25) is 4.99 Å². The first-order valence-corrected chi connectivity index (χ1v) is 5.17. The van der Waals surface area contributed by atoms with E-state index in [4.69, 9.17) is 4.42 Å². The van der Waals surface area contributed by atoms with Crippen LogP contribution in [0.5, 0.6) is 0 Å². The molecule has 0 radical (unpaired) electrons. The van der Waals surface area contributed by atoms with Crippen LogP contribution in [0.1, 0.15) is 25.5 Å². The van der Waals surface area contributed by atoms with Crippen LogP contribution in [0.25, 0.3) is 0 Å². The van der Waals surface area contributed by atoms with E-state index in [1.54, 1.807) is 6.26 Å². The Hall–Kier alpha value is -1.25. The Morgan fingerprint density at radius 2 is 2.57 bits per heavy atom. The second-order valence-electron chi connectivity index (χ2n) is 3.76. The summed E-state index contributed by atoms with van der Waals surface area (Å²) in [4.78, 5) is 4.38. The fourth-order valence-electron chi connectivity index (χ4n) is 1.72. The smallest absolute Gasteiger partial charge is 0.105 e. The van der Waals surface area contributed by atoms with Gasteiger partial charge in [-0.05, 0) is 25.5 Å². The molecule has 3 heteroatoms. The topological polar surface area (TPSA) is 37.5 Å². The monoisotopic (exact) mass is 192 g/mol. The van der Waals surface area contributed by atoms with Crippen molar-refractivity contribution in [2.75, 3.05) is 6.54 Å². The predicted octanol–water partition coefficient (Wildman–Crippen LogP) is 1.99. The summed E-state index contributed by atoms with van der Waals surface area (Å²) in [6.07, 6.45) is 4.93. The normalized spacial score (nSPS) is 17.9. The maximum Gasteiger partial charge on any atom is 0.105 e. The van der Waals surface area contributed by atoms with Gasteiger partial charge in [-0.2, -0.15) is 0 Å². The van der Waals surface area contributed by atoms with Gasteiger partial charge in [-0.1, -0.05) is 0 Å². The van der Waals surface area contributed by atoms with Gasteiger partial charge >= 0.3 is 0 Å². The van der Waals surface area contributed by atoms with Gasteiger partial charge < -0.3 is 9.73 Å². The van der Waals surface area contributed by atoms with Crippen LogP contribution in [0.3, 0.4) is 0 Å². The van der Waals surface area contributed by atoms with Crippen molar-refractivity contribution >= 4 is 5.84 Å². The Kier molecular flexibility index (Phi) is 2.87. The minimum atomic E-state index is 0.401. The summed E-state index contributed by atoms with van der Waals surface area (Å²) in [6, 6.07) is 4.34. The van der Waals surface area contributed by atoms with Crippen LogP contribution in [-0.2, 0) is 6.42 Å². The highest BCUT2D eigenvalue weighted by atomic mass is 16.3. The molecule has 0 spiro atoms. The molecular weight excluding hydrogens is 176 g/mol. The highest BCUT2D eigenvalue weighted by molar-refractivity contribution is 5.83. The van der Waals surface area contributed by atoms with E-state index in [9.17, 15) is 0 Å². The van der Waals surface area contributed by atoms with E-state index in [2.05, 4.69) is 17.2 Å². The zero-order valence-electron chi connectivity index (χ0n) is 8.49. The van der Waals surface area contributed by atoms with Crippen LogP contribution in [-0.4, -0.2) is 18.4 Å². The van der Waals surface area contributed by atoms with Crippen molar-refractivity contribution in [3.05, 3.63) is 24.2 Å². The summed E-state index contributed by atoms with van der Waals surface area (Å²) in [7, 11) is 0. The molecule has 14 heavy (non-hydrogen) atoms. The highest BCUT2D eigenvalue weighted by Crippen LogP contribution is 2.06. The van der Waals surface area contributed by atoms with Crippen molar-refractivity contribution in [1.29, 1.82) is 0 Å².